The van der Waals surface area contributed by atoms with Gasteiger partial charge in [-0.25, -0.2) is 4.39 Å². The molecule has 3 amide bonds. The highest BCUT2D eigenvalue weighted by Gasteiger charge is 2.08. The quantitative estimate of drug-likeness (QED) is 0.275. The second-order valence-electron chi connectivity index (χ2n) is 6.38. The summed E-state index contributed by atoms with van der Waals surface area (Å²) in [6.45, 7) is 2.43. The number of ether oxygens (including phenoxy) is 1. The smallest absolute Gasteiger partial charge is 0.250 e. The summed E-state index contributed by atoms with van der Waals surface area (Å²) in [5, 5.41) is 4.91. The Morgan fingerprint density at radius 1 is 0.969 bits per heavy atom. The number of carbonyl (C=O) groups is 3. The minimum absolute atomic E-state index is 0.0414. The lowest BCUT2D eigenvalue weighted by atomic mass is 10.2. The number of hydrazine groups is 1. The van der Waals surface area contributed by atoms with Crippen molar-refractivity contribution in [2.24, 2.45) is 0 Å². The van der Waals surface area contributed by atoms with Gasteiger partial charge in [-0.05, 0) is 67.2 Å². The van der Waals surface area contributed by atoms with E-state index in [0.717, 1.165) is 0 Å². The second-order valence-corrected chi connectivity index (χ2v) is 6.79. The Bertz CT molecular complexity index is 978. The number of carbonyl (C=O) groups excluding carboxylic acids is 3. The Hall–Kier alpha value is -3.79. The molecule has 0 aromatic heterocycles. The molecule has 0 heterocycles. The first-order chi connectivity index (χ1) is 15.4. The number of thiocarbonyl (C=S) groups is 1. The van der Waals surface area contributed by atoms with Gasteiger partial charge in [-0.2, -0.15) is 0 Å². The molecule has 0 radical (unpaired) electrons. The SMILES string of the molecule is CCOc1ccc(NC(=O)CCC(=O)NNC(=S)NC(=O)C=Cc2ccc(F)cc2)cc1. The highest BCUT2D eigenvalue weighted by molar-refractivity contribution is 7.80. The predicted octanol–water partition coefficient (Wildman–Crippen LogP) is 2.68. The molecule has 0 aliphatic heterocycles. The fourth-order valence-electron chi connectivity index (χ4n) is 2.37. The molecule has 4 N–H and O–H groups in total. The van der Waals surface area contributed by atoms with E-state index in [1.54, 1.807) is 24.3 Å². The van der Waals surface area contributed by atoms with Crippen LogP contribution in [0.15, 0.2) is 54.6 Å². The summed E-state index contributed by atoms with van der Waals surface area (Å²) >= 11 is 4.92. The van der Waals surface area contributed by atoms with Crippen molar-refractivity contribution in [3.8, 4) is 5.75 Å². The van der Waals surface area contributed by atoms with E-state index in [9.17, 15) is 18.8 Å². The molecule has 2 aromatic carbocycles. The zero-order valence-corrected chi connectivity index (χ0v) is 18.1. The maximum atomic E-state index is 12.9. The first-order valence-electron chi connectivity index (χ1n) is 9.72. The maximum absolute atomic E-state index is 12.9. The Kier molecular flexibility index (Phi) is 9.79. The molecule has 2 rings (SSSR count). The van der Waals surface area contributed by atoms with Gasteiger partial charge in [0.15, 0.2) is 5.11 Å². The molecule has 0 aliphatic carbocycles. The third-order valence-electron chi connectivity index (χ3n) is 3.88. The molecular weight excluding hydrogens is 435 g/mol. The van der Waals surface area contributed by atoms with Crippen molar-refractivity contribution >= 4 is 46.8 Å². The summed E-state index contributed by atoms with van der Waals surface area (Å²) in [6, 6.07) is 12.5. The molecule has 0 fully saturated rings. The fourth-order valence-corrected chi connectivity index (χ4v) is 2.52. The van der Waals surface area contributed by atoms with Gasteiger partial charge in [-0.15, -0.1) is 0 Å². The van der Waals surface area contributed by atoms with Crippen LogP contribution in [0.2, 0.25) is 0 Å². The Balaban J connectivity index is 1.65. The Morgan fingerprint density at radius 2 is 1.62 bits per heavy atom. The summed E-state index contributed by atoms with van der Waals surface area (Å²) in [5.74, 6) is -1.02. The lowest BCUT2D eigenvalue weighted by Gasteiger charge is -2.10. The Morgan fingerprint density at radius 3 is 2.28 bits per heavy atom. The van der Waals surface area contributed by atoms with Gasteiger partial charge in [0.2, 0.25) is 17.7 Å². The van der Waals surface area contributed by atoms with Crippen molar-refractivity contribution in [2.45, 2.75) is 19.8 Å². The zero-order valence-electron chi connectivity index (χ0n) is 17.3. The van der Waals surface area contributed by atoms with Gasteiger partial charge in [0, 0.05) is 24.6 Å². The molecule has 32 heavy (non-hydrogen) atoms. The second kappa shape index (κ2) is 12.8. The number of halogens is 1. The summed E-state index contributed by atoms with van der Waals surface area (Å²) in [7, 11) is 0. The van der Waals surface area contributed by atoms with Crippen LogP contribution in [0.3, 0.4) is 0 Å². The average Bonchev–Trinajstić information content (AvgIpc) is 2.77. The summed E-state index contributed by atoms with van der Waals surface area (Å²) in [6.07, 6.45) is 2.57. The van der Waals surface area contributed by atoms with Crippen LogP contribution >= 0.6 is 12.2 Å². The zero-order chi connectivity index (χ0) is 23.3. The molecule has 2 aromatic rings. The van der Waals surface area contributed by atoms with Gasteiger partial charge < -0.3 is 10.1 Å². The van der Waals surface area contributed by atoms with Crippen molar-refractivity contribution in [3.63, 3.8) is 0 Å². The topological polar surface area (TPSA) is 109 Å². The lowest BCUT2D eigenvalue weighted by Crippen LogP contribution is -2.48. The van der Waals surface area contributed by atoms with Crippen LogP contribution in [-0.4, -0.2) is 29.4 Å². The van der Waals surface area contributed by atoms with E-state index in [1.807, 2.05) is 6.92 Å². The van der Waals surface area contributed by atoms with E-state index in [2.05, 4.69) is 21.5 Å². The number of rotatable bonds is 8. The van der Waals surface area contributed by atoms with Gasteiger partial charge in [0.1, 0.15) is 11.6 Å². The van der Waals surface area contributed by atoms with E-state index in [4.69, 9.17) is 17.0 Å². The summed E-state index contributed by atoms with van der Waals surface area (Å²) in [4.78, 5) is 35.6. The number of amides is 3. The van der Waals surface area contributed by atoms with Crippen LogP contribution in [0.1, 0.15) is 25.3 Å². The molecule has 0 aliphatic rings. The molecule has 0 unspecified atom stereocenters. The van der Waals surface area contributed by atoms with Crippen LogP contribution < -0.4 is 26.2 Å². The first-order valence-corrected chi connectivity index (χ1v) is 10.1. The number of hydrogen-bond acceptors (Lipinski definition) is 5. The molecule has 0 saturated heterocycles. The average molecular weight is 459 g/mol. The first kappa shape index (κ1) is 24.5. The minimum Gasteiger partial charge on any atom is -0.494 e. The number of anilines is 1. The van der Waals surface area contributed by atoms with Crippen molar-refractivity contribution in [3.05, 3.63) is 66.0 Å². The van der Waals surface area contributed by atoms with Gasteiger partial charge in [0.05, 0.1) is 6.61 Å². The number of hydrogen-bond donors (Lipinski definition) is 4. The van der Waals surface area contributed by atoms with E-state index in [-0.39, 0.29) is 29.7 Å². The van der Waals surface area contributed by atoms with Crippen LogP contribution in [0.4, 0.5) is 10.1 Å². The largest absolute Gasteiger partial charge is 0.494 e. The van der Waals surface area contributed by atoms with Crippen LogP contribution in [0.5, 0.6) is 5.75 Å². The van der Waals surface area contributed by atoms with E-state index in [1.165, 1.54) is 36.4 Å². The maximum Gasteiger partial charge on any atom is 0.250 e. The van der Waals surface area contributed by atoms with Crippen LogP contribution in [0, 0.1) is 5.82 Å². The van der Waals surface area contributed by atoms with Crippen molar-refractivity contribution in [2.75, 3.05) is 11.9 Å². The van der Waals surface area contributed by atoms with Gasteiger partial charge in [0.25, 0.3) is 0 Å². The summed E-state index contributed by atoms with van der Waals surface area (Å²) < 4.78 is 18.2. The molecule has 0 bridgehead atoms. The molecule has 0 saturated carbocycles. The standard InChI is InChI=1S/C22H23FN4O4S/c1-2-31-18-10-8-17(9-11-18)24-19(28)13-14-21(30)26-27-22(32)25-20(29)12-5-15-3-6-16(23)7-4-15/h3-12H,2,13-14H2,1H3,(H,24,28)(H,26,30)(H2,25,27,29,32). The van der Waals surface area contributed by atoms with Crippen LogP contribution in [0.25, 0.3) is 6.08 Å². The van der Waals surface area contributed by atoms with Crippen molar-refractivity contribution < 1.29 is 23.5 Å². The lowest BCUT2D eigenvalue weighted by molar-refractivity contribution is -0.124. The number of benzene rings is 2. The number of nitrogens with one attached hydrogen (secondary N) is 4. The normalized spacial score (nSPS) is 10.3. The Labute approximate surface area is 190 Å². The highest BCUT2D eigenvalue weighted by atomic mass is 32.1. The summed E-state index contributed by atoms with van der Waals surface area (Å²) in [5.41, 5.74) is 5.91. The predicted molar refractivity (Wildman–Crippen MR) is 123 cm³/mol. The third kappa shape index (κ3) is 9.35. The van der Waals surface area contributed by atoms with E-state index in [0.29, 0.717) is 23.6 Å². The van der Waals surface area contributed by atoms with Gasteiger partial charge in [-0.3, -0.25) is 30.6 Å². The third-order valence-corrected chi connectivity index (χ3v) is 4.08. The van der Waals surface area contributed by atoms with Crippen molar-refractivity contribution in [1.29, 1.82) is 0 Å². The fraction of sp³-hybridized carbons (Fsp3) is 0.182. The van der Waals surface area contributed by atoms with Crippen molar-refractivity contribution in [1.82, 2.24) is 16.2 Å². The van der Waals surface area contributed by atoms with E-state index < -0.39 is 11.8 Å². The monoisotopic (exact) mass is 458 g/mol. The molecule has 0 atom stereocenters. The molecule has 168 valence electrons. The minimum atomic E-state index is -0.532. The molecule has 0 spiro atoms. The van der Waals surface area contributed by atoms with Gasteiger partial charge >= 0.3 is 0 Å². The molecular formula is C22H23FN4O4S. The van der Waals surface area contributed by atoms with Gasteiger partial charge in [-0.1, -0.05) is 12.1 Å². The molecule has 8 nitrogen and oxygen atoms in total. The van der Waals surface area contributed by atoms with E-state index >= 15 is 0 Å². The highest BCUT2D eigenvalue weighted by Crippen LogP contribution is 2.15. The molecule has 10 heteroatoms. The van der Waals surface area contributed by atoms with Crippen LogP contribution in [-0.2, 0) is 14.4 Å².